The molecule has 1 atom stereocenters. The van der Waals surface area contributed by atoms with E-state index in [0.717, 1.165) is 12.8 Å². The Hall–Kier alpha value is -2.42. The number of rotatable bonds is 5. The summed E-state index contributed by atoms with van der Waals surface area (Å²) >= 11 is 0. The van der Waals surface area contributed by atoms with E-state index < -0.39 is 10.0 Å². The lowest BCUT2D eigenvalue weighted by atomic mass is 10.1. The molecule has 1 heterocycles. The van der Waals surface area contributed by atoms with Crippen molar-refractivity contribution in [3.8, 4) is 0 Å². The Balaban J connectivity index is 0.00000225. The van der Waals surface area contributed by atoms with Crippen molar-refractivity contribution < 1.29 is 13.2 Å². The first kappa shape index (κ1) is 20.3. The first-order valence-electron chi connectivity index (χ1n) is 8.80. The molecule has 1 aliphatic carbocycles. The summed E-state index contributed by atoms with van der Waals surface area (Å²) in [5.74, 6) is 0.608. The Kier molecular flexibility index (Phi) is 5.74. The fourth-order valence-corrected chi connectivity index (χ4v) is 4.33. The molecule has 0 saturated heterocycles. The maximum Gasteiger partial charge on any atom is 0.285 e. The Morgan fingerprint density at radius 3 is 2.46 bits per heavy atom. The van der Waals surface area contributed by atoms with Crippen LogP contribution in [0.2, 0.25) is 0 Å². The Labute approximate surface area is 169 Å². The van der Waals surface area contributed by atoms with Gasteiger partial charge in [0.1, 0.15) is 4.90 Å². The number of hydrogen-bond donors (Lipinski definition) is 3. The highest BCUT2D eigenvalue weighted by Crippen LogP contribution is 2.32. The number of nitrogens with zero attached hydrogens (tertiary/aromatic N) is 1. The highest BCUT2D eigenvalue weighted by Gasteiger charge is 2.31. The smallest absolute Gasteiger partial charge is 0.285 e. The summed E-state index contributed by atoms with van der Waals surface area (Å²) in [7, 11) is -3.67. The van der Waals surface area contributed by atoms with Crippen molar-refractivity contribution in [1.82, 2.24) is 5.32 Å². The molecule has 1 amide bonds. The lowest BCUT2D eigenvalue weighted by Crippen LogP contribution is -2.41. The van der Waals surface area contributed by atoms with Gasteiger partial charge in [0, 0.05) is 29.4 Å². The van der Waals surface area contributed by atoms with Crippen molar-refractivity contribution in [3.05, 3.63) is 59.7 Å². The van der Waals surface area contributed by atoms with E-state index in [4.69, 9.17) is 5.73 Å². The number of carbonyl (C=O) groups excluding carboxylic acids is 1. The summed E-state index contributed by atoms with van der Waals surface area (Å²) in [6.45, 7) is 0.434. The molecule has 1 fully saturated rings. The molecule has 0 spiro atoms. The molecule has 28 heavy (non-hydrogen) atoms. The van der Waals surface area contributed by atoms with Crippen LogP contribution in [0.4, 0.5) is 5.69 Å². The van der Waals surface area contributed by atoms with E-state index in [1.165, 1.54) is 6.07 Å². The minimum atomic E-state index is -3.67. The largest absolute Gasteiger partial charge is 0.348 e. The molecular formula is C19H21ClN4O3S. The van der Waals surface area contributed by atoms with Gasteiger partial charge in [0.2, 0.25) is 0 Å². The third kappa shape index (κ3) is 4.04. The zero-order valence-electron chi connectivity index (χ0n) is 15.0. The van der Waals surface area contributed by atoms with Crippen molar-refractivity contribution in [3.63, 3.8) is 0 Å². The minimum absolute atomic E-state index is 0. The van der Waals surface area contributed by atoms with Gasteiger partial charge in [-0.15, -0.1) is 16.8 Å². The number of hydrogen-bond acceptors (Lipinski definition) is 5. The van der Waals surface area contributed by atoms with Crippen molar-refractivity contribution in [2.75, 3.05) is 11.9 Å². The normalized spacial score (nSPS) is 17.7. The van der Waals surface area contributed by atoms with Crippen LogP contribution in [-0.4, -0.2) is 32.7 Å². The predicted molar refractivity (Wildman–Crippen MR) is 111 cm³/mol. The van der Waals surface area contributed by atoms with Crippen LogP contribution in [0.25, 0.3) is 0 Å². The number of sulfonamides is 1. The number of carbonyl (C=O) groups is 1. The Morgan fingerprint density at radius 1 is 1.14 bits per heavy atom. The Morgan fingerprint density at radius 2 is 1.82 bits per heavy atom. The van der Waals surface area contributed by atoms with Gasteiger partial charge < -0.3 is 16.4 Å². The van der Waals surface area contributed by atoms with Crippen LogP contribution >= 0.6 is 12.4 Å². The predicted octanol–water partition coefficient (Wildman–Crippen LogP) is 2.14. The van der Waals surface area contributed by atoms with E-state index >= 15 is 0 Å². The van der Waals surface area contributed by atoms with Gasteiger partial charge >= 0.3 is 0 Å². The summed E-state index contributed by atoms with van der Waals surface area (Å²) in [6, 6.07) is 13.5. The third-order valence-electron chi connectivity index (χ3n) is 4.80. The van der Waals surface area contributed by atoms with Crippen LogP contribution in [0, 0.1) is 5.92 Å². The molecule has 1 aliphatic heterocycles. The number of anilines is 1. The van der Waals surface area contributed by atoms with Gasteiger partial charge in [-0.1, -0.05) is 12.1 Å². The van der Waals surface area contributed by atoms with E-state index in [9.17, 15) is 13.2 Å². The van der Waals surface area contributed by atoms with Gasteiger partial charge in [-0.3, -0.25) is 4.79 Å². The molecule has 2 aromatic rings. The fourth-order valence-electron chi connectivity index (χ4n) is 3.16. The molecule has 0 bridgehead atoms. The molecule has 1 saturated carbocycles. The minimum Gasteiger partial charge on any atom is -0.348 e. The highest BCUT2D eigenvalue weighted by atomic mass is 35.5. The van der Waals surface area contributed by atoms with E-state index in [-0.39, 0.29) is 35.1 Å². The SMILES string of the molecule is Cl.NCC(NC(=O)c1ccc(NC2=NS(=O)(=O)c3ccccc32)cc1)C1CC1. The quantitative estimate of drug-likeness (QED) is 0.685. The van der Waals surface area contributed by atoms with Crippen LogP contribution in [-0.2, 0) is 10.0 Å². The zero-order valence-corrected chi connectivity index (χ0v) is 16.6. The van der Waals surface area contributed by atoms with Gasteiger partial charge in [-0.25, -0.2) is 0 Å². The van der Waals surface area contributed by atoms with Gasteiger partial charge in [0.15, 0.2) is 5.84 Å². The summed E-state index contributed by atoms with van der Waals surface area (Å²) in [5.41, 5.74) is 7.44. The Bertz CT molecular complexity index is 1020. The maximum atomic E-state index is 12.4. The standard InChI is InChI=1S/C19H20N4O3S.ClH/c20-11-16(12-5-6-12)22-19(24)13-7-9-14(10-8-13)21-18-15-3-1-2-4-17(15)27(25,26)23-18;/h1-4,7-10,12,16H,5-6,11,20H2,(H,21,23)(H,22,24);1H. The molecule has 2 aromatic carbocycles. The van der Waals surface area contributed by atoms with Crippen LogP contribution in [0.3, 0.4) is 0 Å². The van der Waals surface area contributed by atoms with Crippen molar-refractivity contribution >= 4 is 39.9 Å². The van der Waals surface area contributed by atoms with E-state index in [1.54, 1.807) is 42.5 Å². The molecule has 148 valence electrons. The second kappa shape index (κ2) is 7.90. The number of halogens is 1. The summed E-state index contributed by atoms with van der Waals surface area (Å²) in [6.07, 6.45) is 2.22. The van der Waals surface area contributed by atoms with Gasteiger partial charge in [0.05, 0.1) is 0 Å². The lowest BCUT2D eigenvalue weighted by molar-refractivity contribution is 0.0933. The molecule has 4 N–H and O–H groups in total. The van der Waals surface area contributed by atoms with E-state index in [2.05, 4.69) is 15.0 Å². The number of fused-ring (bicyclic) bond motifs is 1. The molecule has 2 aliphatic rings. The molecule has 1 unspecified atom stereocenters. The van der Waals surface area contributed by atoms with Gasteiger partial charge in [-0.2, -0.15) is 8.42 Å². The average molecular weight is 421 g/mol. The topological polar surface area (TPSA) is 114 Å². The highest BCUT2D eigenvalue weighted by molar-refractivity contribution is 7.90. The number of amidine groups is 1. The number of amides is 1. The van der Waals surface area contributed by atoms with Gasteiger partial charge in [0.25, 0.3) is 15.9 Å². The van der Waals surface area contributed by atoms with E-state index in [1.807, 2.05) is 0 Å². The number of benzene rings is 2. The zero-order chi connectivity index (χ0) is 19.0. The molecule has 0 radical (unpaired) electrons. The number of nitrogens with one attached hydrogen (secondary N) is 2. The molecule has 4 rings (SSSR count). The molecule has 9 heteroatoms. The van der Waals surface area contributed by atoms with Crippen molar-refractivity contribution in [1.29, 1.82) is 0 Å². The summed E-state index contributed by atoms with van der Waals surface area (Å²) in [5, 5.41) is 5.99. The summed E-state index contributed by atoms with van der Waals surface area (Å²) in [4.78, 5) is 12.6. The first-order chi connectivity index (χ1) is 13.0. The molecule has 7 nitrogen and oxygen atoms in total. The van der Waals surface area contributed by atoms with Crippen LogP contribution in [0.15, 0.2) is 57.8 Å². The van der Waals surface area contributed by atoms with Crippen molar-refractivity contribution in [2.45, 2.75) is 23.8 Å². The van der Waals surface area contributed by atoms with Crippen LogP contribution < -0.4 is 16.4 Å². The number of nitrogens with two attached hydrogens (primary N) is 1. The second-order valence-corrected chi connectivity index (χ2v) is 8.34. The third-order valence-corrected chi connectivity index (χ3v) is 6.14. The lowest BCUT2D eigenvalue weighted by Gasteiger charge is -2.16. The first-order valence-corrected chi connectivity index (χ1v) is 10.2. The van der Waals surface area contributed by atoms with E-state index in [0.29, 0.717) is 29.3 Å². The second-order valence-electron chi connectivity index (χ2n) is 6.77. The van der Waals surface area contributed by atoms with Crippen molar-refractivity contribution in [2.24, 2.45) is 16.0 Å². The van der Waals surface area contributed by atoms with Gasteiger partial charge in [-0.05, 0) is 55.2 Å². The molecule has 0 aromatic heterocycles. The maximum absolute atomic E-state index is 12.4. The molecular weight excluding hydrogens is 400 g/mol. The monoisotopic (exact) mass is 420 g/mol. The van der Waals surface area contributed by atoms with Crippen LogP contribution in [0.1, 0.15) is 28.8 Å². The summed E-state index contributed by atoms with van der Waals surface area (Å²) < 4.78 is 28.0. The van der Waals surface area contributed by atoms with Crippen LogP contribution in [0.5, 0.6) is 0 Å². The fraction of sp³-hybridized carbons (Fsp3) is 0.263. The average Bonchev–Trinajstić information content (AvgIpc) is 3.47.